The highest BCUT2D eigenvalue weighted by molar-refractivity contribution is 5.38. The molecule has 94 valence electrons. The molecule has 0 spiro atoms. The van der Waals surface area contributed by atoms with Crippen molar-refractivity contribution in [3.8, 4) is 5.75 Å². The van der Waals surface area contributed by atoms with E-state index in [-0.39, 0.29) is 0 Å². The van der Waals surface area contributed by atoms with Crippen molar-refractivity contribution in [2.24, 2.45) is 5.73 Å². The number of aryl methyl sites for hydroxylation is 1. The molecule has 0 fully saturated rings. The van der Waals surface area contributed by atoms with E-state index in [1.54, 1.807) is 6.07 Å². The second-order valence-electron chi connectivity index (χ2n) is 4.52. The number of rotatable bonds is 5. The maximum absolute atomic E-state index is 9.79. The summed E-state index contributed by atoms with van der Waals surface area (Å²) in [5.41, 5.74) is 9.01. The molecule has 0 bridgehead atoms. The van der Waals surface area contributed by atoms with Crippen LogP contribution in [0, 0.1) is 0 Å². The normalized spacial score (nSPS) is 10.5. The summed E-state index contributed by atoms with van der Waals surface area (Å²) in [6, 6.07) is 16.2. The lowest BCUT2D eigenvalue weighted by Crippen LogP contribution is -2.01. The van der Waals surface area contributed by atoms with E-state index < -0.39 is 0 Å². The summed E-state index contributed by atoms with van der Waals surface area (Å²) in [6.07, 6.45) is 2.64. The van der Waals surface area contributed by atoms with Gasteiger partial charge in [-0.15, -0.1) is 0 Å². The zero-order valence-electron chi connectivity index (χ0n) is 10.5. The van der Waals surface area contributed by atoms with E-state index in [1.165, 1.54) is 11.1 Å². The van der Waals surface area contributed by atoms with Crippen LogP contribution in [0.4, 0.5) is 0 Å². The first-order chi connectivity index (χ1) is 8.79. The van der Waals surface area contributed by atoms with Crippen LogP contribution in [0.2, 0.25) is 0 Å². The van der Waals surface area contributed by atoms with Gasteiger partial charge in [0.05, 0.1) is 0 Å². The van der Waals surface area contributed by atoms with Crippen LogP contribution in [0.3, 0.4) is 0 Å². The Morgan fingerprint density at radius 2 is 1.72 bits per heavy atom. The predicted molar refractivity (Wildman–Crippen MR) is 74.7 cm³/mol. The molecule has 2 rings (SSSR count). The monoisotopic (exact) mass is 241 g/mol. The molecule has 0 aliphatic rings. The number of hydrogen-bond acceptors (Lipinski definition) is 2. The second-order valence-corrected chi connectivity index (χ2v) is 4.52. The third kappa shape index (κ3) is 3.34. The second kappa shape index (κ2) is 6.22. The first kappa shape index (κ1) is 12.7. The van der Waals surface area contributed by atoms with E-state index in [2.05, 4.69) is 18.2 Å². The summed E-state index contributed by atoms with van der Waals surface area (Å²) in [5.74, 6) is 0.375. The number of phenolic OH excluding ortho intramolecular Hbond substituents is 1. The summed E-state index contributed by atoms with van der Waals surface area (Å²) < 4.78 is 0. The molecule has 0 saturated heterocycles. The van der Waals surface area contributed by atoms with Crippen molar-refractivity contribution in [3.05, 3.63) is 65.2 Å². The van der Waals surface area contributed by atoms with Gasteiger partial charge in [-0.3, -0.25) is 0 Å². The molecular weight excluding hydrogens is 222 g/mol. The summed E-state index contributed by atoms with van der Waals surface area (Å²) in [7, 11) is 0. The van der Waals surface area contributed by atoms with Crippen molar-refractivity contribution in [3.63, 3.8) is 0 Å². The molecule has 0 saturated carbocycles. The molecule has 0 heterocycles. The minimum atomic E-state index is 0.375. The molecule has 3 N–H and O–H groups in total. The summed E-state index contributed by atoms with van der Waals surface area (Å²) >= 11 is 0. The minimum Gasteiger partial charge on any atom is -0.508 e. The fraction of sp³-hybridized carbons (Fsp3) is 0.250. The van der Waals surface area contributed by atoms with Gasteiger partial charge in [-0.25, -0.2) is 0 Å². The van der Waals surface area contributed by atoms with Crippen molar-refractivity contribution in [1.29, 1.82) is 0 Å². The molecule has 2 heteroatoms. The van der Waals surface area contributed by atoms with Gasteiger partial charge in [-0.2, -0.15) is 0 Å². The molecule has 0 amide bonds. The lowest BCUT2D eigenvalue weighted by molar-refractivity contribution is 0.467. The Kier molecular flexibility index (Phi) is 4.37. The van der Waals surface area contributed by atoms with E-state index in [4.69, 9.17) is 5.73 Å². The van der Waals surface area contributed by atoms with Gasteiger partial charge in [0.15, 0.2) is 0 Å². The first-order valence-electron chi connectivity index (χ1n) is 6.34. The van der Waals surface area contributed by atoms with Gasteiger partial charge in [0.1, 0.15) is 5.75 Å². The highest BCUT2D eigenvalue weighted by Crippen LogP contribution is 2.21. The van der Waals surface area contributed by atoms with E-state index in [0.29, 0.717) is 12.3 Å². The Hall–Kier alpha value is -1.80. The van der Waals surface area contributed by atoms with Crippen LogP contribution in [-0.2, 0) is 12.8 Å². The zero-order valence-corrected chi connectivity index (χ0v) is 10.5. The van der Waals surface area contributed by atoms with Gasteiger partial charge in [0, 0.05) is 0 Å². The third-order valence-electron chi connectivity index (χ3n) is 3.05. The molecule has 0 radical (unpaired) electrons. The fourth-order valence-corrected chi connectivity index (χ4v) is 2.07. The average Bonchev–Trinajstić information content (AvgIpc) is 2.40. The summed E-state index contributed by atoms with van der Waals surface area (Å²) in [4.78, 5) is 0. The number of hydrogen-bond donors (Lipinski definition) is 2. The average molecular weight is 241 g/mol. The maximum Gasteiger partial charge on any atom is 0.118 e. The van der Waals surface area contributed by atoms with Crippen LogP contribution in [0.1, 0.15) is 23.1 Å². The number of nitrogens with two attached hydrogens (primary N) is 1. The molecule has 0 aliphatic heterocycles. The van der Waals surface area contributed by atoms with Crippen LogP contribution in [0.15, 0.2) is 48.5 Å². The smallest absolute Gasteiger partial charge is 0.118 e. The molecule has 2 aromatic rings. The van der Waals surface area contributed by atoms with E-state index in [9.17, 15) is 5.11 Å². The number of benzene rings is 2. The fourth-order valence-electron chi connectivity index (χ4n) is 2.07. The van der Waals surface area contributed by atoms with Crippen LogP contribution >= 0.6 is 0 Å². The van der Waals surface area contributed by atoms with Crippen LogP contribution in [0.25, 0.3) is 0 Å². The molecule has 2 nitrogen and oxygen atoms in total. The van der Waals surface area contributed by atoms with Crippen LogP contribution < -0.4 is 5.73 Å². The van der Waals surface area contributed by atoms with Crippen molar-refractivity contribution < 1.29 is 5.11 Å². The van der Waals surface area contributed by atoms with E-state index in [1.807, 2.05) is 24.3 Å². The topological polar surface area (TPSA) is 46.2 Å². The zero-order chi connectivity index (χ0) is 12.8. The number of aromatic hydroxyl groups is 1. The number of phenols is 1. The molecule has 0 atom stereocenters. The molecule has 0 unspecified atom stereocenters. The Morgan fingerprint density at radius 1 is 0.944 bits per heavy atom. The molecule has 18 heavy (non-hydrogen) atoms. The largest absolute Gasteiger partial charge is 0.508 e. The third-order valence-corrected chi connectivity index (χ3v) is 3.05. The van der Waals surface area contributed by atoms with Crippen molar-refractivity contribution in [2.45, 2.75) is 19.3 Å². The summed E-state index contributed by atoms with van der Waals surface area (Å²) in [6.45, 7) is 0.655. The SMILES string of the molecule is NCCCc1cc(Cc2ccccc2)ccc1O. The van der Waals surface area contributed by atoms with Gasteiger partial charge in [-0.1, -0.05) is 42.5 Å². The first-order valence-corrected chi connectivity index (χ1v) is 6.34. The van der Waals surface area contributed by atoms with Gasteiger partial charge >= 0.3 is 0 Å². The van der Waals surface area contributed by atoms with E-state index >= 15 is 0 Å². The lowest BCUT2D eigenvalue weighted by Gasteiger charge is -2.07. The van der Waals surface area contributed by atoms with Crippen LogP contribution in [-0.4, -0.2) is 11.7 Å². The molecule has 0 aliphatic carbocycles. The Bertz CT molecular complexity index is 494. The van der Waals surface area contributed by atoms with Gasteiger partial charge in [0.2, 0.25) is 0 Å². The quantitative estimate of drug-likeness (QED) is 0.845. The predicted octanol–water partition coefficient (Wildman–Crippen LogP) is 2.87. The molecular formula is C16H19NO. The van der Waals surface area contributed by atoms with Crippen molar-refractivity contribution in [1.82, 2.24) is 0 Å². The molecule has 0 aromatic heterocycles. The van der Waals surface area contributed by atoms with E-state index in [0.717, 1.165) is 24.8 Å². The van der Waals surface area contributed by atoms with Crippen LogP contribution in [0.5, 0.6) is 5.75 Å². The maximum atomic E-state index is 9.79. The standard InChI is InChI=1S/C16H19NO/c17-10-4-7-15-12-14(8-9-16(15)18)11-13-5-2-1-3-6-13/h1-3,5-6,8-9,12,18H,4,7,10-11,17H2. The van der Waals surface area contributed by atoms with Crippen molar-refractivity contribution in [2.75, 3.05) is 6.54 Å². The minimum absolute atomic E-state index is 0.375. The highest BCUT2D eigenvalue weighted by atomic mass is 16.3. The van der Waals surface area contributed by atoms with Gasteiger partial charge in [0.25, 0.3) is 0 Å². The Balaban J connectivity index is 2.14. The lowest BCUT2D eigenvalue weighted by atomic mass is 10.00. The Morgan fingerprint density at radius 3 is 2.44 bits per heavy atom. The highest BCUT2D eigenvalue weighted by Gasteiger charge is 2.03. The Labute approximate surface area is 108 Å². The molecule has 2 aromatic carbocycles. The van der Waals surface area contributed by atoms with Gasteiger partial charge < -0.3 is 10.8 Å². The van der Waals surface area contributed by atoms with Gasteiger partial charge in [-0.05, 0) is 48.6 Å². The summed E-state index contributed by atoms with van der Waals surface area (Å²) in [5, 5.41) is 9.79. The van der Waals surface area contributed by atoms with Crippen molar-refractivity contribution >= 4 is 0 Å².